The minimum absolute atomic E-state index is 0.375. The SMILES string of the molecule is CC#CCC/C(C)=C/Cc1ccccc1O. The maximum Gasteiger partial charge on any atom is 0.119 e. The first-order chi connectivity index (χ1) is 7.74. The van der Waals surface area contributed by atoms with E-state index in [1.807, 2.05) is 25.1 Å². The zero-order valence-corrected chi connectivity index (χ0v) is 9.96. The summed E-state index contributed by atoms with van der Waals surface area (Å²) in [5.41, 5.74) is 2.30. The van der Waals surface area contributed by atoms with Gasteiger partial charge in [0.25, 0.3) is 0 Å². The van der Waals surface area contributed by atoms with Crippen LogP contribution in [-0.2, 0) is 6.42 Å². The normalized spacial score (nSPS) is 10.8. The molecule has 0 unspecified atom stereocenters. The van der Waals surface area contributed by atoms with E-state index in [1.165, 1.54) is 5.57 Å². The summed E-state index contributed by atoms with van der Waals surface area (Å²) in [6, 6.07) is 7.46. The Bertz CT molecular complexity index is 419. The van der Waals surface area contributed by atoms with Crippen molar-refractivity contribution in [1.82, 2.24) is 0 Å². The minimum atomic E-state index is 0.375. The van der Waals surface area contributed by atoms with Crippen LogP contribution < -0.4 is 0 Å². The Morgan fingerprint density at radius 2 is 2.12 bits per heavy atom. The van der Waals surface area contributed by atoms with Crippen LogP contribution >= 0.6 is 0 Å². The second-order valence-electron chi connectivity index (χ2n) is 3.81. The van der Waals surface area contributed by atoms with E-state index in [0.29, 0.717) is 5.75 Å². The average Bonchev–Trinajstić information content (AvgIpc) is 2.28. The molecule has 0 fully saturated rings. The van der Waals surface area contributed by atoms with E-state index in [9.17, 15) is 5.11 Å². The Morgan fingerprint density at radius 1 is 1.38 bits per heavy atom. The van der Waals surface area contributed by atoms with E-state index in [0.717, 1.165) is 24.8 Å². The highest BCUT2D eigenvalue weighted by Gasteiger charge is 1.97. The summed E-state index contributed by atoms with van der Waals surface area (Å²) < 4.78 is 0. The number of phenols is 1. The molecule has 0 heterocycles. The fourth-order valence-electron chi connectivity index (χ4n) is 1.45. The Hall–Kier alpha value is -1.68. The Labute approximate surface area is 97.8 Å². The molecule has 0 saturated heterocycles. The van der Waals surface area contributed by atoms with Crippen LogP contribution in [0.5, 0.6) is 5.75 Å². The molecular formula is C15H18O. The molecule has 0 aliphatic heterocycles. The van der Waals surface area contributed by atoms with Crippen molar-refractivity contribution in [3.8, 4) is 17.6 Å². The molecule has 0 saturated carbocycles. The quantitative estimate of drug-likeness (QED) is 0.598. The second kappa shape index (κ2) is 6.74. The van der Waals surface area contributed by atoms with Crippen molar-refractivity contribution in [2.75, 3.05) is 0 Å². The van der Waals surface area contributed by atoms with Crippen molar-refractivity contribution >= 4 is 0 Å². The highest BCUT2D eigenvalue weighted by Crippen LogP contribution is 2.17. The van der Waals surface area contributed by atoms with Crippen LogP contribution in [0.2, 0.25) is 0 Å². The van der Waals surface area contributed by atoms with Gasteiger partial charge >= 0.3 is 0 Å². The first kappa shape index (κ1) is 12.4. The second-order valence-corrected chi connectivity index (χ2v) is 3.81. The predicted octanol–water partition coefficient (Wildman–Crippen LogP) is 3.68. The van der Waals surface area contributed by atoms with Crippen LogP contribution in [0, 0.1) is 11.8 Å². The van der Waals surface area contributed by atoms with Crippen LogP contribution in [0.15, 0.2) is 35.9 Å². The van der Waals surface area contributed by atoms with Gasteiger partial charge in [0.05, 0.1) is 0 Å². The molecule has 84 valence electrons. The molecule has 0 aromatic heterocycles. The van der Waals surface area contributed by atoms with Crippen molar-refractivity contribution in [2.24, 2.45) is 0 Å². The number of para-hydroxylation sites is 1. The van der Waals surface area contributed by atoms with E-state index in [2.05, 4.69) is 24.8 Å². The van der Waals surface area contributed by atoms with Crippen LogP contribution in [0.1, 0.15) is 32.3 Å². The van der Waals surface area contributed by atoms with Crippen molar-refractivity contribution in [2.45, 2.75) is 33.1 Å². The van der Waals surface area contributed by atoms with Gasteiger partial charge in [-0.15, -0.1) is 11.8 Å². The molecule has 1 aromatic rings. The number of aromatic hydroxyl groups is 1. The molecule has 0 bridgehead atoms. The summed E-state index contributed by atoms with van der Waals surface area (Å²) in [4.78, 5) is 0. The summed E-state index contributed by atoms with van der Waals surface area (Å²) in [6.45, 7) is 3.97. The maximum atomic E-state index is 9.59. The van der Waals surface area contributed by atoms with Gasteiger partial charge in [-0.1, -0.05) is 29.8 Å². The van der Waals surface area contributed by atoms with Crippen LogP contribution in [-0.4, -0.2) is 5.11 Å². The third kappa shape index (κ3) is 4.23. The summed E-state index contributed by atoms with van der Waals surface area (Å²) >= 11 is 0. The first-order valence-corrected chi connectivity index (χ1v) is 5.56. The lowest BCUT2D eigenvalue weighted by Crippen LogP contribution is -1.84. The number of phenolic OH excluding ortho intramolecular Hbond substituents is 1. The summed E-state index contributed by atoms with van der Waals surface area (Å²) in [7, 11) is 0. The van der Waals surface area contributed by atoms with Gasteiger partial charge in [-0.05, 0) is 38.3 Å². The lowest BCUT2D eigenvalue weighted by molar-refractivity contribution is 0.469. The first-order valence-electron chi connectivity index (χ1n) is 5.56. The largest absolute Gasteiger partial charge is 0.508 e. The standard InChI is InChI=1S/C15H18O/c1-3-4-5-8-13(2)11-12-14-9-6-7-10-15(14)16/h6-7,9-11,16H,5,8,12H2,1-2H3/b13-11+. The van der Waals surface area contributed by atoms with Crippen molar-refractivity contribution < 1.29 is 5.11 Å². The highest BCUT2D eigenvalue weighted by molar-refractivity contribution is 5.33. The fraction of sp³-hybridized carbons (Fsp3) is 0.333. The van der Waals surface area contributed by atoms with E-state index in [-0.39, 0.29) is 0 Å². The van der Waals surface area contributed by atoms with Crippen LogP contribution in [0.4, 0.5) is 0 Å². The molecular weight excluding hydrogens is 196 g/mol. The van der Waals surface area contributed by atoms with Gasteiger partial charge in [0.15, 0.2) is 0 Å². The minimum Gasteiger partial charge on any atom is -0.508 e. The van der Waals surface area contributed by atoms with Gasteiger partial charge in [-0.2, -0.15) is 0 Å². The molecule has 0 amide bonds. The lowest BCUT2D eigenvalue weighted by atomic mass is 10.1. The third-order valence-corrected chi connectivity index (χ3v) is 2.48. The number of rotatable bonds is 4. The summed E-state index contributed by atoms with van der Waals surface area (Å²) in [5.74, 6) is 6.31. The molecule has 1 nitrogen and oxygen atoms in total. The van der Waals surface area contributed by atoms with Gasteiger partial charge < -0.3 is 5.11 Å². The monoisotopic (exact) mass is 214 g/mol. The van der Waals surface area contributed by atoms with E-state index < -0.39 is 0 Å². The Balaban J connectivity index is 2.51. The van der Waals surface area contributed by atoms with E-state index in [1.54, 1.807) is 6.07 Å². The summed E-state index contributed by atoms with van der Waals surface area (Å²) in [6.07, 6.45) is 4.87. The fourth-order valence-corrected chi connectivity index (χ4v) is 1.45. The molecule has 1 rings (SSSR count). The van der Waals surface area contributed by atoms with Crippen LogP contribution in [0.3, 0.4) is 0 Å². The predicted molar refractivity (Wildman–Crippen MR) is 68.3 cm³/mol. The molecule has 0 aliphatic rings. The van der Waals surface area contributed by atoms with E-state index in [4.69, 9.17) is 0 Å². The maximum absolute atomic E-state index is 9.59. The van der Waals surface area contributed by atoms with Crippen LogP contribution in [0.25, 0.3) is 0 Å². The van der Waals surface area contributed by atoms with Crippen molar-refractivity contribution in [3.63, 3.8) is 0 Å². The smallest absolute Gasteiger partial charge is 0.119 e. The summed E-state index contributed by atoms with van der Waals surface area (Å²) in [5, 5.41) is 9.59. The zero-order chi connectivity index (χ0) is 11.8. The Morgan fingerprint density at radius 3 is 2.81 bits per heavy atom. The molecule has 0 atom stereocenters. The third-order valence-electron chi connectivity index (χ3n) is 2.48. The van der Waals surface area contributed by atoms with E-state index >= 15 is 0 Å². The van der Waals surface area contributed by atoms with Gasteiger partial charge in [0, 0.05) is 6.42 Å². The lowest BCUT2D eigenvalue weighted by Gasteiger charge is -2.01. The Kier molecular flexibility index (Phi) is 5.22. The number of benzene rings is 1. The molecule has 0 aliphatic carbocycles. The highest BCUT2D eigenvalue weighted by atomic mass is 16.3. The topological polar surface area (TPSA) is 20.2 Å². The van der Waals surface area contributed by atoms with Gasteiger partial charge in [0.2, 0.25) is 0 Å². The molecule has 0 spiro atoms. The van der Waals surface area contributed by atoms with Gasteiger partial charge in [0.1, 0.15) is 5.75 Å². The molecule has 0 radical (unpaired) electrons. The average molecular weight is 214 g/mol. The number of allylic oxidation sites excluding steroid dienone is 2. The zero-order valence-electron chi connectivity index (χ0n) is 9.96. The molecule has 1 heteroatoms. The number of hydrogen-bond acceptors (Lipinski definition) is 1. The van der Waals surface area contributed by atoms with Gasteiger partial charge in [-0.25, -0.2) is 0 Å². The molecule has 1 aromatic carbocycles. The molecule has 1 N–H and O–H groups in total. The van der Waals surface area contributed by atoms with Gasteiger partial charge in [-0.3, -0.25) is 0 Å². The van der Waals surface area contributed by atoms with Crippen molar-refractivity contribution in [3.05, 3.63) is 41.5 Å². The molecule has 16 heavy (non-hydrogen) atoms. The van der Waals surface area contributed by atoms with Crippen molar-refractivity contribution in [1.29, 1.82) is 0 Å². The number of hydrogen-bond donors (Lipinski definition) is 1.